The van der Waals surface area contributed by atoms with Crippen molar-refractivity contribution in [1.82, 2.24) is 10.2 Å². The Morgan fingerprint density at radius 1 is 1.19 bits per heavy atom. The first-order valence-electron chi connectivity index (χ1n) is 7.45. The summed E-state index contributed by atoms with van der Waals surface area (Å²) in [6.07, 6.45) is 0.919. The van der Waals surface area contributed by atoms with Crippen molar-refractivity contribution < 1.29 is 9.59 Å². The lowest BCUT2D eigenvalue weighted by molar-refractivity contribution is 0.101. The van der Waals surface area contributed by atoms with Gasteiger partial charge < -0.3 is 15.5 Å². The number of nitrogens with zero attached hydrogens (tertiary/aromatic N) is 1. The van der Waals surface area contributed by atoms with E-state index >= 15 is 0 Å². The Kier molecular flexibility index (Phi) is 7.46. The van der Waals surface area contributed by atoms with Crippen LogP contribution in [0.25, 0.3) is 0 Å². The maximum atomic E-state index is 11.8. The molecule has 0 aliphatic carbocycles. The van der Waals surface area contributed by atoms with Crippen LogP contribution < -0.4 is 10.6 Å². The summed E-state index contributed by atoms with van der Waals surface area (Å²) in [7, 11) is 0. The highest BCUT2D eigenvalue weighted by atomic mass is 16.2. The van der Waals surface area contributed by atoms with Gasteiger partial charge in [-0.05, 0) is 45.1 Å². The summed E-state index contributed by atoms with van der Waals surface area (Å²) < 4.78 is 0. The number of hydrogen-bond acceptors (Lipinski definition) is 3. The number of benzene rings is 1. The molecule has 0 spiro atoms. The molecule has 2 amide bonds. The molecule has 0 saturated heterocycles. The third-order valence-corrected chi connectivity index (χ3v) is 3.36. The summed E-state index contributed by atoms with van der Waals surface area (Å²) >= 11 is 0. The van der Waals surface area contributed by atoms with Crippen LogP contribution in [-0.2, 0) is 0 Å². The van der Waals surface area contributed by atoms with E-state index in [1.807, 2.05) is 0 Å². The molecule has 0 aliphatic heterocycles. The second-order valence-corrected chi connectivity index (χ2v) is 4.90. The van der Waals surface area contributed by atoms with Gasteiger partial charge in [0, 0.05) is 17.8 Å². The van der Waals surface area contributed by atoms with Crippen molar-refractivity contribution in [2.24, 2.45) is 0 Å². The number of anilines is 1. The quantitative estimate of drug-likeness (QED) is 0.572. The summed E-state index contributed by atoms with van der Waals surface area (Å²) in [5.74, 6) is -0.0155. The molecule has 0 aromatic heterocycles. The minimum Gasteiger partial charge on any atom is -0.338 e. The fourth-order valence-electron chi connectivity index (χ4n) is 2.04. The number of rotatable bonds is 8. The maximum Gasteiger partial charge on any atom is 0.319 e. The molecule has 116 valence electrons. The molecular formula is C16H25N3O2. The van der Waals surface area contributed by atoms with E-state index in [0.717, 1.165) is 26.1 Å². The Labute approximate surface area is 126 Å². The van der Waals surface area contributed by atoms with Gasteiger partial charge in [-0.15, -0.1) is 0 Å². The summed E-state index contributed by atoms with van der Waals surface area (Å²) in [5, 5.41) is 5.56. The van der Waals surface area contributed by atoms with Crippen LogP contribution in [0.2, 0.25) is 0 Å². The minimum absolute atomic E-state index is 0.0155. The molecule has 1 aromatic carbocycles. The molecule has 2 N–H and O–H groups in total. The molecule has 0 saturated carbocycles. The van der Waals surface area contributed by atoms with Crippen LogP contribution in [0.3, 0.4) is 0 Å². The van der Waals surface area contributed by atoms with E-state index in [-0.39, 0.29) is 11.8 Å². The Hall–Kier alpha value is -1.88. The number of Topliss-reactive ketones (excluding diaryl/α,β-unsaturated/α-hetero) is 1. The van der Waals surface area contributed by atoms with E-state index < -0.39 is 0 Å². The summed E-state index contributed by atoms with van der Waals surface area (Å²) in [5.41, 5.74) is 1.22. The second-order valence-electron chi connectivity index (χ2n) is 4.90. The highest BCUT2D eigenvalue weighted by molar-refractivity contribution is 5.96. The average Bonchev–Trinajstić information content (AvgIpc) is 2.47. The van der Waals surface area contributed by atoms with E-state index in [0.29, 0.717) is 17.8 Å². The zero-order valence-electron chi connectivity index (χ0n) is 13.1. The number of amides is 2. The molecule has 1 rings (SSSR count). The van der Waals surface area contributed by atoms with Gasteiger partial charge in [0.2, 0.25) is 0 Å². The summed E-state index contributed by atoms with van der Waals surface area (Å²) in [6.45, 7) is 9.44. The van der Waals surface area contributed by atoms with Gasteiger partial charge in [0.05, 0.1) is 0 Å². The number of carbonyl (C=O) groups is 2. The standard InChI is InChI=1S/C16H25N3O2/c1-4-19(5-2)11-7-10-17-16(21)18-15-9-6-8-14(12-15)13(3)20/h6,8-9,12H,4-5,7,10-11H2,1-3H3,(H2,17,18,21). The van der Waals surface area contributed by atoms with Crippen molar-refractivity contribution in [2.75, 3.05) is 31.5 Å². The molecule has 0 fully saturated rings. The van der Waals surface area contributed by atoms with Gasteiger partial charge in [0.15, 0.2) is 5.78 Å². The average molecular weight is 291 g/mol. The number of urea groups is 1. The van der Waals surface area contributed by atoms with Gasteiger partial charge in [0.25, 0.3) is 0 Å². The molecule has 0 atom stereocenters. The normalized spacial score (nSPS) is 10.5. The molecule has 5 nitrogen and oxygen atoms in total. The zero-order valence-corrected chi connectivity index (χ0v) is 13.1. The Bertz CT molecular complexity index is 470. The van der Waals surface area contributed by atoms with Crippen LogP contribution in [-0.4, -0.2) is 42.9 Å². The lowest BCUT2D eigenvalue weighted by atomic mass is 10.1. The topological polar surface area (TPSA) is 61.4 Å². The Morgan fingerprint density at radius 3 is 2.52 bits per heavy atom. The maximum absolute atomic E-state index is 11.8. The van der Waals surface area contributed by atoms with Crippen molar-refractivity contribution in [3.05, 3.63) is 29.8 Å². The van der Waals surface area contributed by atoms with Gasteiger partial charge in [-0.2, -0.15) is 0 Å². The molecular weight excluding hydrogens is 266 g/mol. The van der Waals surface area contributed by atoms with Crippen molar-refractivity contribution in [3.63, 3.8) is 0 Å². The predicted molar refractivity (Wildman–Crippen MR) is 85.9 cm³/mol. The molecule has 21 heavy (non-hydrogen) atoms. The number of ketones is 1. The Balaban J connectivity index is 2.34. The molecule has 0 aliphatic rings. The van der Waals surface area contributed by atoms with Gasteiger partial charge in [-0.25, -0.2) is 4.79 Å². The molecule has 1 aromatic rings. The lowest BCUT2D eigenvalue weighted by Crippen LogP contribution is -2.32. The van der Waals surface area contributed by atoms with Gasteiger partial charge in [0.1, 0.15) is 0 Å². The fourth-order valence-corrected chi connectivity index (χ4v) is 2.04. The lowest BCUT2D eigenvalue weighted by Gasteiger charge is -2.17. The minimum atomic E-state index is -0.241. The third-order valence-electron chi connectivity index (χ3n) is 3.36. The monoisotopic (exact) mass is 291 g/mol. The fraction of sp³-hybridized carbons (Fsp3) is 0.500. The molecule has 0 radical (unpaired) electrons. The van der Waals surface area contributed by atoms with E-state index in [9.17, 15) is 9.59 Å². The predicted octanol–water partition coefficient (Wildman–Crippen LogP) is 2.74. The van der Waals surface area contributed by atoms with E-state index in [2.05, 4.69) is 29.4 Å². The second kappa shape index (κ2) is 9.13. The summed E-state index contributed by atoms with van der Waals surface area (Å²) in [6, 6.07) is 6.69. The first kappa shape index (κ1) is 17.2. The smallest absolute Gasteiger partial charge is 0.319 e. The molecule has 0 unspecified atom stereocenters. The molecule has 5 heteroatoms. The van der Waals surface area contributed by atoms with Crippen LogP contribution in [0, 0.1) is 0 Å². The SMILES string of the molecule is CCN(CC)CCCNC(=O)Nc1cccc(C(C)=O)c1. The number of hydrogen-bond donors (Lipinski definition) is 2. The molecule has 0 bridgehead atoms. The van der Waals surface area contributed by atoms with Gasteiger partial charge >= 0.3 is 6.03 Å². The van der Waals surface area contributed by atoms with E-state index in [4.69, 9.17) is 0 Å². The van der Waals surface area contributed by atoms with Crippen LogP contribution in [0.4, 0.5) is 10.5 Å². The summed E-state index contributed by atoms with van der Waals surface area (Å²) in [4.78, 5) is 25.4. The van der Waals surface area contributed by atoms with Crippen LogP contribution in [0.5, 0.6) is 0 Å². The largest absolute Gasteiger partial charge is 0.338 e. The van der Waals surface area contributed by atoms with Crippen LogP contribution in [0.15, 0.2) is 24.3 Å². The van der Waals surface area contributed by atoms with Crippen molar-refractivity contribution in [1.29, 1.82) is 0 Å². The first-order valence-corrected chi connectivity index (χ1v) is 7.45. The highest BCUT2D eigenvalue weighted by Gasteiger charge is 2.04. The zero-order chi connectivity index (χ0) is 15.7. The van der Waals surface area contributed by atoms with Crippen LogP contribution in [0.1, 0.15) is 37.6 Å². The third kappa shape index (κ3) is 6.40. The van der Waals surface area contributed by atoms with Gasteiger partial charge in [-0.3, -0.25) is 4.79 Å². The van der Waals surface area contributed by atoms with Crippen molar-refractivity contribution >= 4 is 17.5 Å². The van der Waals surface area contributed by atoms with E-state index in [1.165, 1.54) is 6.92 Å². The Morgan fingerprint density at radius 2 is 1.90 bits per heavy atom. The van der Waals surface area contributed by atoms with Crippen molar-refractivity contribution in [3.8, 4) is 0 Å². The van der Waals surface area contributed by atoms with Crippen molar-refractivity contribution in [2.45, 2.75) is 27.2 Å². The first-order chi connectivity index (χ1) is 10.1. The number of nitrogens with one attached hydrogen (secondary N) is 2. The molecule has 0 heterocycles. The van der Waals surface area contributed by atoms with Gasteiger partial charge in [-0.1, -0.05) is 26.0 Å². The van der Waals surface area contributed by atoms with Crippen LogP contribution >= 0.6 is 0 Å². The van der Waals surface area contributed by atoms with E-state index in [1.54, 1.807) is 24.3 Å². The highest BCUT2D eigenvalue weighted by Crippen LogP contribution is 2.10. The number of carbonyl (C=O) groups excluding carboxylic acids is 2.